The number of anilines is 2. The monoisotopic (exact) mass is 402 g/mol. The Balaban J connectivity index is 1.83. The molecule has 2 N–H and O–H groups in total. The van der Waals surface area contributed by atoms with Gasteiger partial charge in [0.05, 0.1) is 24.5 Å². The van der Waals surface area contributed by atoms with E-state index in [1.54, 1.807) is 7.11 Å². The van der Waals surface area contributed by atoms with Gasteiger partial charge in [-0.2, -0.15) is 0 Å². The topological polar surface area (TPSA) is 59.6 Å². The third-order valence-corrected chi connectivity index (χ3v) is 5.55. The fourth-order valence-electron chi connectivity index (χ4n) is 4.24. The lowest BCUT2D eigenvalue weighted by Crippen LogP contribution is -2.31. The summed E-state index contributed by atoms with van der Waals surface area (Å²) in [6.45, 7) is 4.43. The van der Waals surface area contributed by atoms with Crippen molar-refractivity contribution in [3.05, 3.63) is 59.3 Å². The van der Waals surface area contributed by atoms with Gasteiger partial charge >= 0.3 is 0 Å². The number of carbonyl (C=O) groups is 1. The molecule has 5 nitrogen and oxygen atoms in total. The summed E-state index contributed by atoms with van der Waals surface area (Å²) < 4.78 is 11.1. The van der Waals surface area contributed by atoms with Crippen molar-refractivity contribution in [3.8, 4) is 23.8 Å². The predicted molar refractivity (Wildman–Crippen MR) is 119 cm³/mol. The second-order valence-electron chi connectivity index (χ2n) is 8.48. The summed E-state index contributed by atoms with van der Waals surface area (Å²) in [6, 6.07) is 13.4. The number of Topliss-reactive ketones (excluding diaryl/α,β-unsaturated/α-hetero) is 1. The summed E-state index contributed by atoms with van der Waals surface area (Å²) in [7, 11) is 1.60. The average molecular weight is 402 g/mol. The Morgan fingerprint density at radius 2 is 1.90 bits per heavy atom. The van der Waals surface area contributed by atoms with E-state index in [0.717, 1.165) is 34.6 Å². The molecule has 1 atom stereocenters. The fraction of sp³-hybridized carbons (Fsp3) is 0.320. The maximum absolute atomic E-state index is 13.3. The molecule has 30 heavy (non-hydrogen) atoms. The Morgan fingerprint density at radius 1 is 1.13 bits per heavy atom. The Hall–Kier alpha value is -3.39. The van der Waals surface area contributed by atoms with Crippen LogP contribution in [0.25, 0.3) is 0 Å². The van der Waals surface area contributed by atoms with Gasteiger partial charge in [0.2, 0.25) is 0 Å². The molecule has 0 saturated carbocycles. The summed E-state index contributed by atoms with van der Waals surface area (Å²) >= 11 is 0. The van der Waals surface area contributed by atoms with Crippen LogP contribution in [-0.4, -0.2) is 19.5 Å². The molecule has 0 bridgehead atoms. The van der Waals surface area contributed by atoms with E-state index in [0.29, 0.717) is 17.9 Å². The van der Waals surface area contributed by atoms with E-state index < -0.39 is 0 Å². The van der Waals surface area contributed by atoms with Gasteiger partial charge in [-0.05, 0) is 41.7 Å². The zero-order valence-corrected chi connectivity index (χ0v) is 17.5. The third-order valence-electron chi connectivity index (χ3n) is 5.55. The van der Waals surface area contributed by atoms with Crippen LogP contribution in [-0.2, 0) is 4.79 Å². The normalized spacial score (nSPS) is 19.4. The Labute approximate surface area is 177 Å². The van der Waals surface area contributed by atoms with E-state index in [1.807, 2.05) is 42.5 Å². The first-order valence-corrected chi connectivity index (χ1v) is 10.0. The van der Waals surface area contributed by atoms with Crippen LogP contribution in [0.1, 0.15) is 38.3 Å². The predicted octanol–water partition coefficient (Wildman–Crippen LogP) is 4.93. The molecule has 0 radical (unpaired) electrons. The quantitative estimate of drug-likeness (QED) is 0.710. The van der Waals surface area contributed by atoms with Gasteiger partial charge < -0.3 is 20.1 Å². The zero-order valence-electron chi connectivity index (χ0n) is 17.5. The molecular weight excluding hydrogens is 376 g/mol. The molecule has 1 aliphatic heterocycles. The lowest BCUT2D eigenvalue weighted by atomic mass is 9.73. The molecule has 2 aliphatic rings. The first-order valence-electron chi connectivity index (χ1n) is 10.0. The van der Waals surface area contributed by atoms with Crippen LogP contribution in [0.5, 0.6) is 11.5 Å². The van der Waals surface area contributed by atoms with Crippen molar-refractivity contribution in [2.24, 2.45) is 5.41 Å². The number of fused-ring (bicyclic) bond motifs is 1. The van der Waals surface area contributed by atoms with Crippen LogP contribution in [0, 0.1) is 17.8 Å². The number of ketones is 1. The molecular formula is C25H26N2O3. The first-order chi connectivity index (χ1) is 14.4. The smallest absolute Gasteiger partial charge is 0.163 e. The minimum absolute atomic E-state index is 0.0860. The van der Waals surface area contributed by atoms with Crippen LogP contribution >= 0.6 is 0 Å². The maximum Gasteiger partial charge on any atom is 0.163 e. The number of terminal acetylenes is 1. The number of allylic oxidation sites excluding steroid dienone is 1. The lowest BCUT2D eigenvalue weighted by Gasteiger charge is -2.34. The summed E-state index contributed by atoms with van der Waals surface area (Å²) in [5.74, 6) is 3.79. The molecule has 0 saturated heterocycles. The van der Waals surface area contributed by atoms with Crippen molar-refractivity contribution in [2.45, 2.75) is 32.7 Å². The van der Waals surface area contributed by atoms with Gasteiger partial charge in [0, 0.05) is 17.7 Å². The Bertz CT molecular complexity index is 1060. The van der Waals surface area contributed by atoms with Crippen molar-refractivity contribution in [3.63, 3.8) is 0 Å². The Kier molecular flexibility index (Phi) is 5.17. The summed E-state index contributed by atoms with van der Waals surface area (Å²) in [6.07, 6.45) is 6.63. The van der Waals surface area contributed by atoms with E-state index in [4.69, 9.17) is 15.9 Å². The standard InChI is InChI=1S/C25H26N2O3/c1-5-12-30-21-11-10-16(13-22(21)29-4)24-23-19(14-25(2,3)15-20(23)28)26-17-8-6-7-9-18(17)27-24/h1,6-11,13,24,26-27H,12,14-15H2,2-4H3/t24-/m1/s1. The number of rotatable bonds is 4. The number of hydrogen-bond acceptors (Lipinski definition) is 5. The highest BCUT2D eigenvalue weighted by Gasteiger charge is 2.38. The van der Waals surface area contributed by atoms with Gasteiger partial charge in [0.1, 0.15) is 6.61 Å². The highest BCUT2D eigenvalue weighted by atomic mass is 16.5. The van der Waals surface area contributed by atoms with Gasteiger partial charge in [-0.25, -0.2) is 0 Å². The van der Waals surface area contributed by atoms with Crippen molar-refractivity contribution < 1.29 is 14.3 Å². The fourth-order valence-corrected chi connectivity index (χ4v) is 4.24. The van der Waals surface area contributed by atoms with Crippen LogP contribution in [0.3, 0.4) is 0 Å². The summed E-state index contributed by atoms with van der Waals surface area (Å²) in [4.78, 5) is 13.3. The highest BCUT2D eigenvalue weighted by Crippen LogP contribution is 2.46. The van der Waals surface area contributed by atoms with E-state index in [9.17, 15) is 4.79 Å². The van der Waals surface area contributed by atoms with Gasteiger partial charge in [0.15, 0.2) is 17.3 Å². The van der Waals surface area contributed by atoms with Crippen molar-refractivity contribution in [1.82, 2.24) is 0 Å². The highest BCUT2D eigenvalue weighted by molar-refractivity contribution is 6.01. The molecule has 154 valence electrons. The molecule has 1 aliphatic carbocycles. The lowest BCUT2D eigenvalue weighted by molar-refractivity contribution is -0.118. The number of nitrogens with one attached hydrogen (secondary N) is 2. The first kappa shape index (κ1) is 19.9. The summed E-state index contributed by atoms with van der Waals surface area (Å²) in [5, 5.41) is 7.11. The van der Waals surface area contributed by atoms with Crippen molar-refractivity contribution in [1.29, 1.82) is 0 Å². The van der Waals surface area contributed by atoms with Crippen LogP contribution in [0.15, 0.2) is 53.7 Å². The molecule has 2 aromatic carbocycles. The van der Waals surface area contributed by atoms with Gasteiger partial charge in [-0.1, -0.05) is 38.0 Å². The van der Waals surface area contributed by atoms with Gasteiger partial charge in [-0.3, -0.25) is 4.79 Å². The molecule has 0 spiro atoms. The van der Waals surface area contributed by atoms with Gasteiger partial charge in [0.25, 0.3) is 0 Å². The molecule has 0 amide bonds. The SMILES string of the molecule is C#CCOc1ccc([C@H]2Nc3ccccc3NC3=C2C(=O)CC(C)(C)C3)cc1OC. The van der Waals surface area contributed by atoms with Crippen molar-refractivity contribution >= 4 is 17.2 Å². The number of carbonyl (C=O) groups excluding carboxylic acids is 1. The molecule has 0 aromatic heterocycles. The van der Waals surface area contributed by atoms with Crippen molar-refractivity contribution in [2.75, 3.05) is 24.4 Å². The number of hydrogen-bond donors (Lipinski definition) is 2. The molecule has 0 fully saturated rings. The largest absolute Gasteiger partial charge is 0.493 e. The molecule has 5 heteroatoms. The van der Waals surface area contributed by atoms with Crippen LogP contribution in [0.2, 0.25) is 0 Å². The average Bonchev–Trinajstić information content (AvgIpc) is 2.87. The third kappa shape index (κ3) is 3.73. The minimum atomic E-state index is -0.296. The minimum Gasteiger partial charge on any atom is -0.493 e. The number of para-hydroxylation sites is 2. The number of ether oxygens (including phenoxy) is 2. The second-order valence-corrected chi connectivity index (χ2v) is 8.48. The van der Waals surface area contributed by atoms with Crippen LogP contribution < -0.4 is 20.1 Å². The maximum atomic E-state index is 13.3. The molecule has 1 heterocycles. The number of methoxy groups -OCH3 is 1. The van der Waals surface area contributed by atoms with Gasteiger partial charge in [-0.15, -0.1) is 6.42 Å². The molecule has 2 aromatic rings. The van der Waals surface area contributed by atoms with E-state index >= 15 is 0 Å². The van der Waals surface area contributed by atoms with E-state index in [1.165, 1.54) is 0 Å². The Morgan fingerprint density at radius 3 is 2.63 bits per heavy atom. The van der Waals surface area contributed by atoms with E-state index in [2.05, 4.69) is 30.4 Å². The second kappa shape index (κ2) is 7.79. The molecule has 0 unspecified atom stereocenters. The number of benzene rings is 2. The van der Waals surface area contributed by atoms with Crippen LogP contribution in [0.4, 0.5) is 11.4 Å². The zero-order chi connectivity index (χ0) is 21.3. The summed E-state index contributed by atoms with van der Waals surface area (Å²) in [5.41, 5.74) is 4.53. The van der Waals surface area contributed by atoms with E-state index in [-0.39, 0.29) is 23.8 Å². The molecule has 4 rings (SSSR count).